The number of rotatable bonds is 5. The number of benzene rings is 1. The number of aromatic nitrogens is 2. The van der Waals surface area contributed by atoms with Crippen LogP contribution in [0.1, 0.15) is 44.7 Å². The third-order valence-electron chi connectivity index (χ3n) is 3.21. The molecule has 0 aliphatic carbocycles. The molecule has 1 aromatic heterocycles. The van der Waals surface area contributed by atoms with Crippen LogP contribution in [0.5, 0.6) is 0 Å². The molecule has 0 atom stereocenters. The van der Waals surface area contributed by atoms with E-state index < -0.39 is 0 Å². The van der Waals surface area contributed by atoms with E-state index in [-0.39, 0.29) is 5.54 Å². The third kappa shape index (κ3) is 4.29. The van der Waals surface area contributed by atoms with E-state index in [1.165, 1.54) is 11.1 Å². The van der Waals surface area contributed by atoms with Gasteiger partial charge < -0.3 is 15.1 Å². The van der Waals surface area contributed by atoms with E-state index >= 15 is 0 Å². The minimum absolute atomic E-state index is 0.0213. The number of nitrogens with one attached hydrogen (secondary N) is 2. The van der Waals surface area contributed by atoms with Crippen LogP contribution in [0.2, 0.25) is 0 Å². The lowest BCUT2D eigenvalue weighted by Gasteiger charge is -2.18. The normalized spacial score (nSPS) is 11.7. The molecule has 0 aliphatic heterocycles. The maximum Gasteiger partial charge on any atom is 0.320 e. The van der Waals surface area contributed by atoms with Crippen LogP contribution in [0.4, 0.5) is 11.7 Å². The van der Waals surface area contributed by atoms with E-state index in [1.54, 1.807) is 0 Å². The Hall–Kier alpha value is -1.88. The summed E-state index contributed by atoms with van der Waals surface area (Å²) in [5.41, 5.74) is 3.48. The summed E-state index contributed by atoms with van der Waals surface area (Å²) in [6.07, 6.45) is 0.955. The number of nitrogens with zero attached hydrogens (tertiary/aromatic N) is 2. The lowest BCUT2D eigenvalue weighted by molar-refractivity contribution is 0.384. The minimum Gasteiger partial charge on any atom is -0.406 e. The van der Waals surface area contributed by atoms with E-state index in [4.69, 9.17) is 4.42 Å². The van der Waals surface area contributed by atoms with Crippen LogP contribution in [0.3, 0.4) is 0 Å². The molecule has 0 unspecified atom stereocenters. The minimum atomic E-state index is 0.0213. The predicted molar refractivity (Wildman–Crippen MR) is 84.7 cm³/mol. The second kappa shape index (κ2) is 6.26. The standard InChI is InChI=1S/C16H24N4O/c1-6-12-9-7-8-11(2)14(12)18-15-20-19-13(21-15)10-17-16(3,4)5/h7-9,17H,6,10H2,1-5H3,(H,18,20). The van der Waals surface area contributed by atoms with Crippen molar-refractivity contribution in [3.8, 4) is 0 Å². The molecule has 114 valence electrons. The zero-order valence-corrected chi connectivity index (χ0v) is 13.4. The fraction of sp³-hybridized carbons (Fsp3) is 0.500. The monoisotopic (exact) mass is 288 g/mol. The first-order valence-corrected chi connectivity index (χ1v) is 7.32. The highest BCUT2D eigenvalue weighted by atomic mass is 16.4. The molecule has 5 nitrogen and oxygen atoms in total. The molecule has 1 aromatic carbocycles. The molecule has 0 spiro atoms. The first kappa shape index (κ1) is 15.5. The van der Waals surface area contributed by atoms with Gasteiger partial charge in [-0.1, -0.05) is 30.2 Å². The molecule has 0 fully saturated rings. The Morgan fingerprint density at radius 1 is 1.19 bits per heavy atom. The maximum atomic E-state index is 5.64. The molecule has 0 saturated heterocycles. The van der Waals surface area contributed by atoms with Crippen molar-refractivity contribution >= 4 is 11.7 Å². The third-order valence-corrected chi connectivity index (χ3v) is 3.21. The summed E-state index contributed by atoms with van der Waals surface area (Å²) in [5.74, 6) is 0.582. The van der Waals surface area contributed by atoms with Gasteiger partial charge in [-0.15, -0.1) is 5.10 Å². The Labute approximate surface area is 126 Å². The van der Waals surface area contributed by atoms with Gasteiger partial charge in [0, 0.05) is 11.2 Å². The van der Waals surface area contributed by atoms with Crippen molar-refractivity contribution in [3.63, 3.8) is 0 Å². The molecule has 21 heavy (non-hydrogen) atoms. The number of para-hydroxylation sites is 1. The quantitative estimate of drug-likeness (QED) is 0.880. The summed E-state index contributed by atoms with van der Waals surface area (Å²) >= 11 is 0. The second-order valence-electron chi connectivity index (χ2n) is 6.19. The number of hydrogen-bond donors (Lipinski definition) is 2. The summed E-state index contributed by atoms with van der Waals surface area (Å²) < 4.78 is 5.64. The van der Waals surface area contributed by atoms with Crippen LogP contribution < -0.4 is 10.6 Å². The van der Waals surface area contributed by atoms with E-state index in [9.17, 15) is 0 Å². The Morgan fingerprint density at radius 3 is 2.62 bits per heavy atom. The lowest BCUT2D eigenvalue weighted by atomic mass is 10.1. The van der Waals surface area contributed by atoms with Crippen LogP contribution >= 0.6 is 0 Å². The fourth-order valence-electron chi connectivity index (χ4n) is 2.03. The van der Waals surface area contributed by atoms with Crippen molar-refractivity contribution in [2.45, 2.75) is 53.1 Å². The topological polar surface area (TPSA) is 63.0 Å². The number of aryl methyl sites for hydroxylation is 2. The van der Waals surface area contributed by atoms with Crippen molar-refractivity contribution in [2.75, 3.05) is 5.32 Å². The Kier molecular flexibility index (Phi) is 4.63. The molecule has 0 saturated carbocycles. The van der Waals surface area contributed by atoms with Gasteiger partial charge in [-0.3, -0.25) is 0 Å². The van der Waals surface area contributed by atoms with Gasteiger partial charge in [0.1, 0.15) is 0 Å². The molecule has 0 bridgehead atoms. The Morgan fingerprint density at radius 2 is 1.95 bits per heavy atom. The molecule has 0 amide bonds. The van der Waals surface area contributed by atoms with Gasteiger partial charge >= 0.3 is 6.01 Å². The highest BCUT2D eigenvalue weighted by molar-refractivity contribution is 5.62. The van der Waals surface area contributed by atoms with Gasteiger partial charge in [-0.25, -0.2) is 0 Å². The van der Waals surface area contributed by atoms with Gasteiger partial charge in [-0.05, 0) is 45.2 Å². The fourth-order valence-corrected chi connectivity index (χ4v) is 2.03. The molecule has 1 heterocycles. The zero-order valence-electron chi connectivity index (χ0n) is 13.4. The van der Waals surface area contributed by atoms with Crippen molar-refractivity contribution in [2.24, 2.45) is 0 Å². The summed E-state index contributed by atoms with van der Waals surface area (Å²) in [6.45, 7) is 11.1. The van der Waals surface area contributed by atoms with Gasteiger partial charge in [0.25, 0.3) is 0 Å². The van der Waals surface area contributed by atoms with Crippen molar-refractivity contribution in [1.82, 2.24) is 15.5 Å². The van der Waals surface area contributed by atoms with Gasteiger partial charge in [0.2, 0.25) is 5.89 Å². The van der Waals surface area contributed by atoms with Crippen LogP contribution in [-0.4, -0.2) is 15.7 Å². The van der Waals surface area contributed by atoms with E-state index in [0.29, 0.717) is 18.5 Å². The summed E-state index contributed by atoms with van der Waals surface area (Å²) in [4.78, 5) is 0. The Bertz CT molecular complexity index is 599. The highest BCUT2D eigenvalue weighted by Crippen LogP contribution is 2.24. The van der Waals surface area contributed by atoms with Crippen LogP contribution in [-0.2, 0) is 13.0 Å². The largest absolute Gasteiger partial charge is 0.406 e. The van der Waals surface area contributed by atoms with Crippen molar-refractivity contribution in [3.05, 3.63) is 35.2 Å². The van der Waals surface area contributed by atoms with Crippen LogP contribution in [0, 0.1) is 6.92 Å². The molecule has 0 radical (unpaired) electrons. The summed E-state index contributed by atoms with van der Waals surface area (Å²) in [6, 6.07) is 6.67. The average molecular weight is 288 g/mol. The number of anilines is 2. The van der Waals surface area contributed by atoms with E-state index in [2.05, 4.69) is 73.6 Å². The van der Waals surface area contributed by atoms with E-state index in [0.717, 1.165) is 12.1 Å². The molecule has 2 N–H and O–H groups in total. The number of hydrogen-bond acceptors (Lipinski definition) is 5. The van der Waals surface area contributed by atoms with Crippen LogP contribution in [0.15, 0.2) is 22.6 Å². The molecule has 2 rings (SSSR count). The average Bonchev–Trinajstić information content (AvgIpc) is 2.86. The predicted octanol–water partition coefficient (Wildman–Crippen LogP) is 3.57. The molecular formula is C16H24N4O. The molecular weight excluding hydrogens is 264 g/mol. The van der Waals surface area contributed by atoms with Gasteiger partial charge in [0.05, 0.1) is 6.54 Å². The van der Waals surface area contributed by atoms with E-state index in [1.807, 2.05) is 0 Å². The smallest absolute Gasteiger partial charge is 0.320 e. The maximum absolute atomic E-state index is 5.64. The van der Waals surface area contributed by atoms with Crippen molar-refractivity contribution < 1.29 is 4.42 Å². The van der Waals surface area contributed by atoms with Crippen molar-refractivity contribution in [1.29, 1.82) is 0 Å². The lowest BCUT2D eigenvalue weighted by Crippen LogP contribution is -2.35. The Balaban J connectivity index is 2.09. The van der Waals surface area contributed by atoms with Gasteiger partial charge in [0.15, 0.2) is 0 Å². The molecule has 0 aliphatic rings. The molecule has 5 heteroatoms. The summed E-state index contributed by atoms with van der Waals surface area (Å²) in [5, 5.41) is 14.7. The first-order valence-electron chi connectivity index (χ1n) is 7.32. The molecule has 2 aromatic rings. The summed E-state index contributed by atoms with van der Waals surface area (Å²) in [7, 11) is 0. The zero-order chi connectivity index (χ0) is 15.5. The SMILES string of the molecule is CCc1cccc(C)c1Nc1nnc(CNC(C)(C)C)o1. The second-order valence-corrected chi connectivity index (χ2v) is 6.19. The first-order chi connectivity index (χ1) is 9.89. The van der Waals surface area contributed by atoms with Gasteiger partial charge in [-0.2, -0.15) is 0 Å². The highest BCUT2D eigenvalue weighted by Gasteiger charge is 2.13. The van der Waals surface area contributed by atoms with Crippen LogP contribution in [0.25, 0.3) is 0 Å².